The van der Waals surface area contributed by atoms with E-state index in [9.17, 15) is 56.0 Å². The number of amides is 1. The van der Waals surface area contributed by atoms with Crippen molar-refractivity contribution in [1.82, 2.24) is 10.6 Å². The molecule has 1 heterocycles. The van der Waals surface area contributed by atoms with Crippen LogP contribution in [-0.4, -0.2) is 203 Å². The molecule has 9 unspecified atom stereocenters. The maximum atomic E-state index is 13.2. The van der Waals surface area contributed by atoms with Crippen molar-refractivity contribution >= 4 is 5.91 Å². The van der Waals surface area contributed by atoms with Gasteiger partial charge in [0.05, 0.1) is 39.1 Å². The van der Waals surface area contributed by atoms with Gasteiger partial charge in [-0.3, -0.25) is 4.79 Å². The number of benzene rings is 1. The lowest BCUT2D eigenvalue weighted by Crippen LogP contribution is -2.59. The minimum Gasteiger partial charge on any atom is -0.490 e. The van der Waals surface area contributed by atoms with Crippen LogP contribution in [0.25, 0.3) is 0 Å². The average Bonchev–Trinajstić information content (AvgIpc) is 3.26. The van der Waals surface area contributed by atoms with Gasteiger partial charge in [0.25, 0.3) is 5.91 Å². The fraction of sp³-hybridized carbons (Fsp3) is 0.825. The molecular weight excluding hydrogens is 828 g/mol. The first-order chi connectivity index (χ1) is 29.9. The van der Waals surface area contributed by atoms with Crippen LogP contribution in [-0.2, 0) is 23.8 Å². The minimum atomic E-state index is -1.80. The van der Waals surface area contributed by atoms with Crippen molar-refractivity contribution in [3.8, 4) is 17.2 Å². The molecule has 0 radical (unpaired) electrons. The van der Waals surface area contributed by atoms with E-state index in [1.807, 2.05) is 0 Å². The van der Waals surface area contributed by atoms with Crippen LogP contribution in [0.3, 0.4) is 0 Å². The van der Waals surface area contributed by atoms with Crippen molar-refractivity contribution in [1.29, 1.82) is 0 Å². The molecule has 0 spiro atoms. The highest BCUT2D eigenvalue weighted by Crippen LogP contribution is 2.40. The lowest BCUT2D eigenvalue weighted by atomic mass is 9.99. The van der Waals surface area contributed by atoms with Crippen molar-refractivity contribution in [3.63, 3.8) is 0 Å². The molecule has 22 nitrogen and oxygen atoms in total. The molecule has 1 fully saturated rings. The minimum absolute atomic E-state index is 0.0781. The first-order valence-electron chi connectivity index (χ1n) is 21.3. The van der Waals surface area contributed by atoms with E-state index < -0.39 is 74.8 Å². The number of nitrogens with one attached hydrogen (secondary N) is 2. The zero-order chi connectivity index (χ0) is 45.7. The number of ether oxygens (including phenoxy) is 7. The van der Waals surface area contributed by atoms with E-state index in [1.165, 1.54) is 0 Å². The molecule has 62 heavy (non-hydrogen) atoms. The van der Waals surface area contributed by atoms with Gasteiger partial charge in [0.1, 0.15) is 36.6 Å². The number of rotatable bonds is 37. The van der Waals surface area contributed by atoms with E-state index in [0.717, 1.165) is 0 Å². The summed E-state index contributed by atoms with van der Waals surface area (Å²) in [5, 5.41) is 112. The Morgan fingerprint density at radius 2 is 1.31 bits per heavy atom. The summed E-state index contributed by atoms with van der Waals surface area (Å²) in [6.45, 7) is 0.618. The van der Waals surface area contributed by atoms with Crippen LogP contribution in [0.4, 0.5) is 0 Å². The highest BCUT2D eigenvalue weighted by atomic mass is 17.1. The molecule has 1 aromatic rings. The topological polar surface area (TPSA) is 338 Å². The smallest absolute Gasteiger partial charge is 0.251 e. The number of carbonyl (C=O) groups is 1. The van der Waals surface area contributed by atoms with Crippen LogP contribution in [0.2, 0.25) is 0 Å². The van der Waals surface area contributed by atoms with E-state index in [1.54, 1.807) is 19.2 Å². The Balaban J connectivity index is 2.09. The highest BCUT2D eigenvalue weighted by molar-refractivity contribution is 5.95. The number of unbranched alkanes of at least 4 members (excludes halogenated alkanes) is 6. The SMILES string of the molecule is CNCCNC(=O)c1cc(OCCCCCOC(CO)C(O)O)c(OCCCCCOC2OC(CO)C(O)C(O)C2O)c(OCCCCCOC(OO)C(O)C(O)CCCO)c1. The Morgan fingerprint density at radius 1 is 0.726 bits per heavy atom. The Kier molecular flexibility index (Phi) is 29.5. The summed E-state index contributed by atoms with van der Waals surface area (Å²) in [5.41, 5.74) is 0.262. The third-order valence-electron chi connectivity index (χ3n) is 9.76. The van der Waals surface area contributed by atoms with Crippen LogP contribution >= 0.6 is 0 Å². The van der Waals surface area contributed by atoms with Gasteiger partial charge in [-0.15, -0.1) is 0 Å². The number of hydrogen-bond donors (Lipinski definition) is 13. The number of aliphatic hydroxyl groups excluding tert-OH is 9. The van der Waals surface area contributed by atoms with Gasteiger partial charge in [-0.1, -0.05) is 0 Å². The Labute approximate surface area is 362 Å². The van der Waals surface area contributed by atoms with E-state index in [2.05, 4.69) is 15.5 Å². The molecule has 1 aromatic carbocycles. The highest BCUT2D eigenvalue weighted by Gasteiger charge is 2.44. The van der Waals surface area contributed by atoms with E-state index in [4.69, 9.17) is 38.3 Å². The molecule has 2 rings (SSSR count). The van der Waals surface area contributed by atoms with Crippen LogP contribution in [0.15, 0.2) is 12.1 Å². The fourth-order valence-corrected chi connectivity index (χ4v) is 6.06. The molecule has 22 heteroatoms. The third kappa shape index (κ3) is 20.5. The molecule has 0 saturated carbocycles. The van der Waals surface area contributed by atoms with Crippen molar-refractivity contribution in [3.05, 3.63) is 17.7 Å². The number of carbonyl (C=O) groups excluding carboxylic acids is 1. The largest absolute Gasteiger partial charge is 0.490 e. The van der Waals surface area contributed by atoms with E-state index in [0.29, 0.717) is 70.9 Å². The Bertz CT molecular complexity index is 1300. The van der Waals surface area contributed by atoms with E-state index in [-0.39, 0.29) is 87.8 Å². The van der Waals surface area contributed by atoms with Crippen LogP contribution < -0.4 is 24.8 Å². The average molecular weight is 901 g/mol. The molecule has 0 aliphatic carbocycles. The molecule has 1 amide bonds. The van der Waals surface area contributed by atoms with Crippen molar-refractivity contribution in [2.24, 2.45) is 0 Å². The second-order valence-corrected chi connectivity index (χ2v) is 14.7. The van der Waals surface area contributed by atoms with Gasteiger partial charge in [-0.25, -0.2) is 10.1 Å². The Morgan fingerprint density at radius 3 is 1.85 bits per heavy atom. The van der Waals surface area contributed by atoms with Gasteiger partial charge in [0.15, 0.2) is 24.1 Å². The molecule has 0 aromatic heterocycles. The molecule has 1 aliphatic heterocycles. The fourth-order valence-electron chi connectivity index (χ4n) is 6.06. The summed E-state index contributed by atoms with van der Waals surface area (Å²) in [6, 6.07) is 3.13. The summed E-state index contributed by atoms with van der Waals surface area (Å²) >= 11 is 0. The van der Waals surface area contributed by atoms with Crippen LogP contribution in [0.1, 0.15) is 81.0 Å². The summed E-state index contributed by atoms with van der Waals surface area (Å²) in [6.07, 6.45) is -8.77. The first kappa shape index (κ1) is 55.5. The van der Waals surface area contributed by atoms with Crippen molar-refractivity contribution < 1.29 is 99.2 Å². The van der Waals surface area contributed by atoms with E-state index >= 15 is 0 Å². The molecule has 1 saturated heterocycles. The monoisotopic (exact) mass is 900 g/mol. The van der Waals surface area contributed by atoms with Gasteiger partial charge in [0, 0.05) is 45.1 Å². The number of likely N-dealkylation sites (N-methyl/N-ethyl adjacent to an activating group) is 1. The quantitative estimate of drug-likeness (QED) is 0.0150. The predicted molar refractivity (Wildman–Crippen MR) is 217 cm³/mol. The van der Waals surface area contributed by atoms with Crippen molar-refractivity contribution in [2.45, 2.75) is 132 Å². The second-order valence-electron chi connectivity index (χ2n) is 14.7. The zero-order valence-electron chi connectivity index (χ0n) is 35.6. The summed E-state index contributed by atoms with van der Waals surface area (Å²) in [5.74, 6) is 0.406. The normalized spacial score (nSPS) is 21.1. The zero-order valence-corrected chi connectivity index (χ0v) is 35.6. The summed E-state index contributed by atoms with van der Waals surface area (Å²) in [4.78, 5) is 17.4. The number of hydrogen-bond acceptors (Lipinski definition) is 21. The van der Waals surface area contributed by atoms with Crippen LogP contribution in [0.5, 0.6) is 17.2 Å². The Hall–Kier alpha value is -2.59. The maximum Gasteiger partial charge on any atom is 0.251 e. The molecule has 13 N–H and O–H groups in total. The van der Waals surface area contributed by atoms with Gasteiger partial charge in [-0.05, 0) is 89.8 Å². The maximum absolute atomic E-state index is 13.2. The molecular formula is C40H72N2O20. The molecule has 9 atom stereocenters. The van der Waals surface area contributed by atoms with Crippen molar-refractivity contribution in [2.75, 3.05) is 79.6 Å². The second kappa shape index (κ2) is 33.0. The van der Waals surface area contributed by atoms with Gasteiger partial charge in [-0.2, -0.15) is 0 Å². The third-order valence-corrected chi connectivity index (χ3v) is 9.76. The molecule has 1 aliphatic rings. The molecule has 0 bridgehead atoms. The van der Waals surface area contributed by atoms with Gasteiger partial charge in [0.2, 0.25) is 12.0 Å². The number of aliphatic hydroxyl groups is 10. The lowest BCUT2D eigenvalue weighted by Gasteiger charge is -2.39. The first-order valence-corrected chi connectivity index (χ1v) is 21.3. The summed E-state index contributed by atoms with van der Waals surface area (Å²) < 4.78 is 40.3. The molecule has 362 valence electrons. The van der Waals surface area contributed by atoms with Crippen LogP contribution in [0, 0.1) is 0 Å². The summed E-state index contributed by atoms with van der Waals surface area (Å²) in [7, 11) is 1.76. The standard InChI is InChI=1S/C40H72N2O20/c1-41-13-14-42-37(51)26-22-28(55-16-5-2-7-18-57-31(25-45)38(52)53)36(58-19-8-4-9-20-59-39-35(50)34(49)33(48)30(24-44)61-39)29(23-26)56-17-6-3-10-21-60-40(62-54)32(47)27(46)12-11-15-43/h22-23,27,30-35,38-41,43-50,52-54H,2-21,24-25H2,1H3,(H,42,51). The lowest BCUT2D eigenvalue weighted by molar-refractivity contribution is -0.372. The van der Waals surface area contributed by atoms with Gasteiger partial charge >= 0.3 is 0 Å². The van der Waals surface area contributed by atoms with Gasteiger partial charge < -0.3 is 94.9 Å². The predicted octanol–water partition coefficient (Wildman–Crippen LogP) is -1.89.